The minimum atomic E-state index is -1.60. The molecule has 1 aliphatic heterocycles. The van der Waals surface area contributed by atoms with Crippen LogP contribution in [0.4, 0.5) is 0 Å². The minimum absolute atomic E-state index is 0.189. The molecule has 0 aromatic rings. The molecular weight excluding hydrogens is 688 g/mol. The van der Waals surface area contributed by atoms with Gasteiger partial charge in [-0.1, -0.05) is 139 Å². The SMILES string of the molecule is CC/C=C\C/C=C\C/C=C\C/C=C\C/C=C\CCCCCC(=O)OC(COC(=O)CCCCCCCCCCCC)COC1OC(CO)C(O)C(O)C1O. The van der Waals surface area contributed by atoms with Crippen molar-refractivity contribution in [3.05, 3.63) is 60.8 Å². The van der Waals surface area contributed by atoms with Crippen molar-refractivity contribution in [1.29, 1.82) is 0 Å². The van der Waals surface area contributed by atoms with Crippen molar-refractivity contribution >= 4 is 11.9 Å². The lowest BCUT2D eigenvalue weighted by atomic mass is 9.99. The maximum Gasteiger partial charge on any atom is 0.306 e. The first-order chi connectivity index (χ1) is 26.3. The first-order valence-corrected chi connectivity index (χ1v) is 20.9. The van der Waals surface area contributed by atoms with E-state index in [1.54, 1.807) is 0 Å². The second-order valence-electron chi connectivity index (χ2n) is 14.1. The van der Waals surface area contributed by atoms with Crippen LogP contribution in [0.5, 0.6) is 0 Å². The highest BCUT2D eigenvalue weighted by molar-refractivity contribution is 5.70. The zero-order valence-corrected chi connectivity index (χ0v) is 33.4. The zero-order chi connectivity index (χ0) is 39.5. The molecule has 6 unspecified atom stereocenters. The van der Waals surface area contributed by atoms with Gasteiger partial charge in [0.1, 0.15) is 31.0 Å². The molecule has 1 heterocycles. The Hall–Kier alpha value is -2.60. The number of carbonyl (C=O) groups is 2. The summed E-state index contributed by atoms with van der Waals surface area (Å²) in [6.45, 7) is 3.24. The van der Waals surface area contributed by atoms with Gasteiger partial charge in [-0.05, 0) is 57.8 Å². The Bertz CT molecular complexity index is 1070. The molecule has 4 N–H and O–H groups in total. The molecule has 0 aromatic carbocycles. The number of allylic oxidation sites excluding steroid dienone is 10. The molecular formula is C44H74O10. The van der Waals surface area contributed by atoms with Crippen LogP contribution in [0.1, 0.15) is 149 Å². The van der Waals surface area contributed by atoms with Crippen LogP contribution >= 0.6 is 0 Å². The fourth-order valence-electron chi connectivity index (χ4n) is 5.86. The topological polar surface area (TPSA) is 152 Å². The average Bonchev–Trinajstić information content (AvgIpc) is 3.17. The molecule has 54 heavy (non-hydrogen) atoms. The highest BCUT2D eigenvalue weighted by Crippen LogP contribution is 2.22. The molecule has 0 radical (unpaired) electrons. The van der Waals surface area contributed by atoms with E-state index in [1.165, 1.54) is 38.5 Å². The number of esters is 2. The molecule has 0 bridgehead atoms. The maximum atomic E-state index is 12.7. The number of carbonyl (C=O) groups excluding carboxylic acids is 2. The van der Waals surface area contributed by atoms with Crippen LogP contribution < -0.4 is 0 Å². The zero-order valence-electron chi connectivity index (χ0n) is 33.4. The summed E-state index contributed by atoms with van der Waals surface area (Å²) in [6, 6.07) is 0. The molecule has 1 saturated heterocycles. The highest BCUT2D eigenvalue weighted by atomic mass is 16.7. The predicted molar refractivity (Wildman–Crippen MR) is 215 cm³/mol. The summed E-state index contributed by atoms with van der Waals surface area (Å²) in [5.74, 6) is -0.850. The summed E-state index contributed by atoms with van der Waals surface area (Å²) in [4.78, 5) is 25.2. The Morgan fingerprint density at radius 1 is 0.593 bits per heavy atom. The van der Waals surface area contributed by atoms with Crippen LogP contribution in [0, 0.1) is 0 Å². The summed E-state index contributed by atoms with van der Waals surface area (Å²) in [6.07, 6.45) is 33.7. The van der Waals surface area contributed by atoms with E-state index in [0.717, 1.165) is 77.0 Å². The molecule has 0 amide bonds. The molecule has 310 valence electrons. The molecule has 0 aromatic heterocycles. The standard InChI is InChI=1S/C44H74O10/c1-3-5-7-9-11-13-15-16-17-18-19-20-21-22-23-25-27-29-31-33-40(47)53-37(36-52-44-43(50)42(49)41(48)38(34-45)54-44)35-51-39(46)32-30-28-26-24-14-12-10-8-6-4-2/h5,7,11,13,16-17,19-20,22-23,37-38,41-45,48-50H,3-4,6,8-10,12,14-15,18,21,24-36H2,1-2H3/b7-5-,13-11-,17-16-,20-19-,23-22-. The molecule has 1 fully saturated rings. The summed E-state index contributed by atoms with van der Waals surface area (Å²) >= 11 is 0. The van der Waals surface area contributed by atoms with Gasteiger partial charge in [0.2, 0.25) is 0 Å². The van der Waals surface area contributed by atoms with Crippen LogP contribution in [0.3, 0.4) is 0 Å². The fourth-order valence-corrected chi connectivity index (χ4v) is 5.86. The van der Waals surface area contributed by atoms with Crippen LogP contribution in [-0.4, -0.2) is 89.0 Å². The molecule has 10 nitrogen and oxygen atoms in total. The van der Waals surface area contributed by atoms with Gasteiger partial charge in [0.15, 0.2) is 12.4 Å². The number of hydrogen-bond acceptors (Lipinski definition) is 10. The van der Waals surface area contributed by atoms with Crippen molar-refractivity contribution < 1.29 is 49.0 Å². The normalized spacial score (nSPS) is 21.3. The van der Waals surface area contributed by atoms with E-state index in [2.05, 4.69) is 74.6 Å². The Balaban J connectivity index is 2.39. The van der Waals surface area contributed by atoms with Gasteiger partial charge in [0.05, 0.1) is 13.2 Å². The number of aliphatic hydroxyl groups excluding tert-OH is 4. The molecule has 10 heteroatoms. The van der Waals surface area contributed by atoms with Gasteiger partial charge in [-0.3, -0.25) is 9.59 Å². The summed E-state index contributed by atoms with van der Waals surface area (Å²) in [7, 11) is 0. The van der Waals surface area contributed by atoms with Crippen LogP contribution in [-0.2, 0) is 28.5 Å². The minimum Gasteiger partial charge on any atom is -0.462 e. The number of aliphatic hydroxyl groups is 4. The van der Waals surface area contributed by atoms with Crippen LogP contribution in [0.15, 0.2) is 60.8 Å². The third-order valence-corrected chi connectivity index (χ3v) is 9.17. The number of rotatable bonds is 33. The van der Waals surface area contributed by atoms with Crippen LogP contribution in [0.2, 0.25) is 0 Å². The Morgan fingerprint density at radius 2 is 1.09 bits per heavy atom. The maximum absolute atomic E-state index is 12.7. The van der Waals surface area contributed by atoms with Crippen molar-refractivity contribution in [2.45, 2.75) is 185 Å². The van der Waals surface area contributed by atoms with Gasteiger partial charge in [0, 0.05) is 12.8 Å². The molecule has 1 aliphatic rings. The summed E-state index contributed by atoms with van der Waals surface area (Å²) in [5, 5.41) is 40.0. The van der Waals surface area contributed by atoms with E-state index in [4.69, 9.17) is 18.9 Å². The van der Waals surface area contributed by atoms with Gasteiger partial charge in [-0.15, -0.1) is 0 Å². The molecule has 0 aliphatic carbocycles. The van der Waals surface area contributed by atoms with Crippen molar-refractivity contribution in [3.8, 4) is 0 Å². The molecule has 6 atom stereocenters. The second-order valence-corrected chi connectivity index (χ2v) is 14.1. The summed E-state index contributed by atoms with van der Waals surface area (Å²) in [5.41, 5.74) is 0. The van der Waals surface area contributed by atoms with E-state index >= 15 is 0 Å². The monoisotopic (exact) mass is 763 g/mol. The molecule has 0 spiro atoms. The van der Waals surface area contributed by atoms with Crippen molar-refractivity contribution in [2.75, 3.05) is 19.8 Å². The average molecular weight is 763 g/mol. The third-order valence-electron chi connectivity index (χ3n) is 9.17. The van der Waals surface area contributed by atoms with E-state index in [1.807, 2.05) is 0 Å². The Morgan fingerprint density at radius 3 is 1.65 bits per heavy atom. The first-order valence-electron chi connectivity index (χ1n) is 20.9. The van der Waals surface area contributed by atoms with E-state index in [0.29, 0.717) is 6.42 Å². The largest absolute Gasteiger partial charge is 0.462 e. The number of hydrogen-bond donors (Lipinski definition) is 4. The van der Waals surface area contributed by atoms with E-state index in [-0.39, 0.29) is 26.1 Å². The van der Waals surface area contributed by atoms with Crippen molar-refractivity contribution in [2.24, 2.45) is 0 Å². The van der Waals surface area contributed by atoms with Gasteiger partial charge >= 0.3 is 11.9 Å². The molecule has 1 rings (SSSR count). The number of unbranched alkanes of at least 4 members (excludes halogenated alkanes) is 12. The van der Waals surface area contributed by atoms with Gasteiger partial charge in [-0.2, -0.15) is 0 Å². The lowest BCUT2D eigenvalue weighted by Gasteiger charge is -2.39. The fraction of sp³-hybridized carbons (Fsp3) is 0.727. The quantitative estimate of drug-likeness (QED) is 0.0292. The third kappa shape index (κ3) is 26.2. The van der Waals surface area contributed by atoms with Crippen molar-refractivity contribution in [3.63, 3.8) is 0 Å². The smallest absolute Gasteiger partial charge is 0.306 e. The number of ether oxygens (including phenoxy) is 4. The second kappa shape index (κ2) is 34.9. The predicted octanol–water partition coefficient (Wildman–Crippen LogP) is 8.27. The summed E-state index contributed by atoms with van der Waals surface area (Å²) < 4.78 is 22.0. The van der Waals surface area contributed by atoms with Crippen LogP contribution in [0.25, 0.3) is 0 Å². The van der Waals surface area contributed by atoms with Gasteiger partial charge in [-0.25, -0.2) is 0 Å². The first kappa shape index (κ1) is 49.4. The molecule has 0 saturated carbocycles. The highest BCUT2D eigenvalue weighted by Gasteiger charge is 2.44. The van der Waals surface area contributed by atoms with Gasteiger partial charge < -0.3 is 39.4 Å². The Kier molecular flexibility index (Phi) is 31.9. The Labute approximate surface area is 326 Å². The van der Waals surface area contributed by atoms with E-state index in [9.17, 15) is 30.0 Å². The van der Waals surface area contributed by atoms with Crippen molar-refractivity contribution in [1.82, 2.24) is 0 Å². The van der Waals surface area contributed by atoms with Gasteiger partial charge in [0.25, 0.3) is 0 Å². The van der Waals surface area contributed by atoms with E-state index < -0.39 is 55.4 Å². The lowest BCUT2D eigenvalue weighted by molar-refractivity contribution is -0.305. The lowest BCUT2D eigenvalue weighted by Crippen LogP contribution is -2.59.